The lowest BCUT2D eigenvalue weighted by Gasteiger charge is -2.08. The largest absolute Gasteiger partial charge is 0.454 e. The highest BCUT2D eigenvalue weighted by Crippen LogP contribution is 2.34. The van der Waals surface area contributed by atoms with Crippen LogP contribution in [-0.4, -0.2) is 26.9 Å². The summed E-state index contributed by atoms with van der Waals surface area (Å²) in [6, 6.07) is 14.8. The van der Waals surface area contributed by atoms with Gasteiger partial charge in [-0.1, -0.05) is 29.8 Å². The molecule has 8 heteroatoms. The van der Waals surface area contributed by atoms with Crippen LogP contribution in [0.4, 0.5) is 5.69 Å². The van der Waals surface area contributed by atoms with E-state index in [1.165, 1.54) is 9.08 Å². The van der Waals surface area contributed by atoms with Gasteiger partial charge in [-0.25, -0.2) is 4.52 Å². The summed E-state index contributed by atoms with van der Waals surface area (Å²) < 4.78 is 13.5. The Hall–Kier alpha value is -4.07. The first kappa shape index (κ1) is 18.0. The SMILES string of the molecule is Cc1ccc(-c2cc3c(=O)n(CC(=O)Nc4ccc5c(c4)OCO5)ccn3n2)cc1. The van der Waals surface area contributed by atoms with Gasteiger partial charge >= 0.3 is 0 Å². The van der Waals surface area contributed by atoms with Crippen LogP contribution in [0.5, 0.6) is 11.5 Å². The van der Waals surface area contributed by atoms with Crippen LogP contribution in [0.1, 0.15) is 5.56 Å². The minimum Gasteiger partial charge on any atom is -0.454 e. The van der Waals surface area contributed by atoms with Gasteiger partial charge in [-0.2, -0.15) is 5.10 Å². The molecule has 1 amide bonds. The van der Waals surface area contributed by atoms with E-state index in [2.05, 4.69) is 10.4 Å². The molecule has 0 saturated heterocycles. The second kappa shape index (κ2) is 7.07. The van der Waals surface area contributed by atoms with Gasteiger partial charge in [0.15, 0.2) is 11.5 Å². The van der Waals surface area contributed by atoms with Crippen molar-refractivity contribution in [2.45, 2.75) is 13.5 Å². The van der Waals surface area contributed by atoms with Gasteiger partial charge in [0.25, 0.3) is 5.56 Å². The maximum absolute atomic E-state index is 12.9. The van der Waals surface area contributed by atoms with Crippen molar-refractivity contribution in [1.29, 1.82) is 0 Å². The number of anilines is 1. The monoisotopic (exact) mass is 402 g/mol. The highest BCUT2D eigenvalue weighted by atomic mass is 16.7. The van der Waals surface area contributed by atoms with Crippen molar-refractivity contribution in [2.75, 3.05) is 12.1 Å². The Labute approximate surface area is 171 Å². The fourth-order valence-corrected chi connectivity index (χ4v) is 3.35. The Kier molecular flexibility index (Phi) is 4.24. The predicted octanol–water partition coefficient (Wildman–Crippen LogP) is 2.84. The molecule has 1 N–H and O–H groups in total. The van der Waals surface area contributed by atoms with Gasteiger partial charge in [0.2, 0.25) is 12.7 Å². The molecule has 0 saturated carbocycles. The van der Waals surface area contributed by atoms with Crippen molar-refractivity contribution in [3.05, 3.63) is 76.8 Å². The van der Waals surface area contributed by atoms with E-state index in [1.807, 2.05) is 31.2 Å². The number of amides is 1. The average molecular weight is 402 g/mol. The third-order valence-electron chi connectivity index (χ3n) is 4.92. The maximum Gasteiger partial charge on any atom is 0.277 e. The minimum absolute atomic E-state index is 0.116. The molecule has 150 valence electrons. The second-order valence-corrected chi connectivity index (χ2v) is 7.07. The van der Waals surface area contributed by atoms with Crippen LogP contribution in [0.3, 0.4) is 0 Å². The molecule has 0 bridgehead atoms. The number of carbonyl (C=O) groups is 1. The van der Waals surface area contributed by atoms with Gasteiger partial charge in [-0.3, -0.25) is 9.59 Å². The van der Waals surface area contributed by atoms with Crippen LogP contribution < -0.4 is 20.3 Å². The lowest BCUT2D eigenvalue weighted by Crippen LogP contribution is -2.28. The lowest BCUT2D eigenvalue weighted by atomic mass is 10.1. The Morgan fingerprint density at radius 3 is 2.70 bits per heavy atom. The number of nitrogens with one attached hydrogen (secondary N) is 1. The van der Waals surface area contributed by atoms with Crippen molar-refractivity contribution in [3.8, 4) is 22.8 Å². The second-order valence-electron chi connectivity index (χ2n) is 7.07. The fourth-order valence-electron chi connectivity index (χ4n) is 3.35. The first-order chi connectivity index (χ1) is 14.6. The third-order valence-corrected chi connectivity index (χ3v) is 4.92. The quantitative estimate of drug-likeness (QED) is 0.567. The highest BCUT2D eigenvalue weighted by Gasteiger charge is 2.15. The molecular weight excluding hydrogens is 384 g/mol. The molecule has 2 aromatic heterocycles. The molecular formula is C22H18N4O4. The zero-order valence-corrected chi connectivity index (χ0v) is 16.2. The maximum atomic E-state index is 12.9. The number of benzene rings is 2. The van der Waals surface area contributed by atoms with E-state index in [4.69, 9.17) is 9.47 Å². The number of rotatable bonds is 4. The summed E-state index contributed by atoms with van der Waals surface area (Å²) in [5, 5.41) is 7.25. The molecule has 0 atom stereocenters. The molecule has 2 aromatic carbocycles. The standard InChI is InChI=1S/C22H18N4O4/c1-14-2-4-15(5-3-14)17-11-18-22(28)25(8-9-26(18)24-17)12-21(27)23-16-6-7-19-20(10-16)30-13-29-19/h2-11H,12-13H2,1H3,(H,23,27). The summed E-state index contributed by atoms with van der Waals surface area (Å²) in [5.74, 6) is 0.896. The van der Waals surface area contributed by atoms with E-state index in [-0.39, 0.29) is 24.8 Å². The molecule has 1 aliphatic rings. The summed E-state index contributed by atoms with van der Waals surface area (Å²) in [4.78, 5) is 25.3. The van der Waals surface area contributed by atoms with Crippen LogP contribution in [0.2, 0.25) is 0 Å². The van der Waals surface area contributed by atoms with E-state index >= 15 is 0 Å². The summed E-state index contributed by atoms with van der Waals surface area (Å²) >= 11 is 0. The Morgan fingerprint density at radius 2 is 1.87 bits per heavy atom. The Bertz CT molecular complexity index is 1320. The number of fused-ring (bicyclic) bond motifs is 2. The van der Waals surface area contributed by atoms with Gasteiger partial charge in [-0.15, -0.1) is 0 Å². The van der Waals surface area contributed by atoms with Crippen LogP contribution >= 0.6 is 0 Å². The molecule has 0 spiro atoms. The number of nitrogens with zero attached hydrogens (tertiary/aromatic N) is 3. The summed E-state index contributed by atoms with van der Waals surface area (Å²) in [6.07, 6.45) is 3.22. The Morgan fingerprint density at radius 1 is 1.07 bits per heavy atom. The van der Waals surface area contributed by atoms with E-state index in [1.54, 1.807) is 36.7 Å². The average Bonchev–Trinajstić information content (AvgIpc) is 3.37. The number of ether oxygens (including phenoxy) is 2. The molecule has 1 aliphatic heterocycles. The molecule has 0 radical (unpaired) electrons. The molecule has 8 nitrogen and oxygen atoms in total. The van der Waals surface area contributed by atoms with Crippen molar-refractivity contribution in [2.24, 2.45) is 0 Å². The number of hydrogen-bond acceptors (Lipinski definition) is 5. The first-order valence-electron chi connectivity index (χ1n) is 9.42. The van der Waals surface area contributed by atoms with E-state index < -0.39 is 0 Å². The summed E-state index contributed by atoms with van der Waals surface area (Å²) in [5.41, 5.74) is 3.47. The molecule has 0 fully saturated rings. The molecule has 5 rings (SSSR count). The van der Waals surface area contributed by atoms with Gasteiger partial charge in [0.1, 0.15) is 12.1 Å². The minimum atomic E-state index is -0.321. The van der Waals surface area contributed by atoms with Crippen LogP contribution in [0, 0.1) is 6.92 Å². The third kappa shape index (κ3) is 3.28. The zero-order valence-electron chi connectivity index (χ0n) is 16.2. The van der Waals surface area contributed by atoms with Gasteiger partial charge < -0.3 is 19.4 Å². The van der Waals surface area contributed by atoms with Crippen molar-refractivity contribution >= 4 is 17.1 Å². The predicted molar refractivity (Wildman–Crippen MR) is 111 cm³/mol. The zero-order chi connectivity index (χ0) is 20.7. The lowest BCUT2D eigenvalue weighted by molar-refractivity contribution is -0.116. The summed E-state index contributed by atoms with van der Waals surface area (Å²) in [7, 11) is 0. The summed E-state index contributed by atoms with van der Waals surface area (Å²) in [6.45, 7) is 2.06. The van der Waals surface area contributed by atoms with Gasteiger partial charge in [-0.05, 0) is 25.1 Å². The van der Waals surface area contributed by atoms with Crippen molar-refractivity contribution < 1.29 is 14.3 Å². The van der Waals surface area contributed by atoms with Crippen LogP contribution in [0.25, 0.3) is 16.8 Å². The van der Waals surface area contributed by atoms with Gasteiger partial charge in [0, 0.05) is 29.7 Å². The van der Waals surface area contributed by atoms with Gasteiger partial charge in [0.05, 0.1) is 5.69 Å². The van der Waals surface area contributed by atoms with Crippen LogP contribution in [-0.2, 0) is 11.3 Å². The molecule has 3 heterocycles. The smallest absolute Gasteiger partial charge is 0.277 e. The number of hydrogen-bond donors (Lipinski definition) is 1. The topological polar surface area (TPSA) is 86.9 Å². The highest BCUT2D eigenvalue weighted by molar-refractivity contribution is 5.91. The number of aryl methyl sites for hydroxylation is 1. The first-order valence-corrected chi connectivity index (χ1v) is 9.42. The van der Waals surface area contributed by atoms with E-state index in [9.17, 15) is 9.59 Å². The van der Waals surface area contributed by atoms with Crippen molar-refractivity contribution in [3.63, 3.8) is 0 Å². The molecule has 4 aromatic rings. The number of carbonyl (C=O) groups excluding carboxylic acids is 1. The normalized spacial score (nSPS) is 12.3. The van der Waals surface area contributed by atoms with Crippen LogP contribution in [0.15, 0.2) is 65.7 Å². The number of aromatic nitrogens is 3. The van der Waals surface area contributed by atoms with Crippen molar-refractivity contribution in [1.82, 2.24) is 14.2 Å². The fraction of sp³-hybridized carbons (Fsp3) is 0.136. The Balaban J connectivity index is 1.38. The molecule has 0 unspecified atom stereocenters. The molecule has 0 aliphatic carbocycles. The van der Waals surface area contributed by atoms with E-state index in [0.717, 1.165) is 11.1 Å². The molecule has 30 heavy (non-hydrogen) atoms. The van der Waals surface area contributed by atoms with E-state index in [0.29, 0.717) is 28.4 Å².